The fourth-order valence-electron chi connectivity index (χ4n) is 3.81. The van der Waals surface area contributed by atoms with Gasteiger partial charge in [-0.1, -0.05) is 36.9 Å². The smallest absolute Gasteiger partial charge is 0.257 e. The van der Waals surface area contributed by atoms with Gasteiger partial charge < -0.3 is 4.90 Å². The second-order valence-electron chi connectivity index (χ2n) is 6.88. The Labute approximate surface area is 158 Å². The van der Waals surface area contributed by atoms with E-state index >= 15 is 0 Å². The lowest BCUT2D eigenvalue weighted by molar-refractivity contribution is -0.142. The molecule has 0 N–H and O–H groups in total. The van der Waals surface area contributed by atoms with Crippen molar-refractivity contribution in [2.75, 3.05) is 11.4 Å². The van der Waals surface area contributed by atoms with Crippen LogP contribution in [0.3, 0.4) is 0 Å². The van der Waals surface area contributed by atoms with Crippen molar-refractivity contribution in [2.24, 2.45) is 5.92 Å². The molecule has 0 radical (unpaired) electrons. The number of nitrogens with zero attached hydrogens (tertiary/aromatic N) is 2. The lowest BCUT2D eigenvalue weighted by Gasteiger charge is -2.31. The molecule has 0 bridgehead atoms. The summed E-state index contributed by atoms with van der Waals surface area (Å²) in [6.07, 6.45) is 6.54. The number of hydrogen-bond donors (Lipinski definition) is 0. The maximum atomic E-state index is 13.0. The van der Waals surface area contributed by atoms with Crippen LogP contribution in [0.2, 0.25) is 5.02 Å². The van der Waals surface area contributed by atoms with E-state index in [4.69, 9.17) is 11.6 Å². The molecular formula is C20H23ClN2O3. The Hall–Kier alpha value is -2.14. The summed E-state index contributed by atoms with van der Waals surface area (Å²) in [5, 5.41) is 0.533. The van der Waals surface area contributed by atoms with Gasteiger partial charge in [0.15, 0.2) is 0 Å². The van der Waals surface area contributed by atoms with Gasteiger partial charge in [-0.15, -0.1) is 6.58 Å². The first-order valence-corrected chi connectivity index (χ1v) is 9.44. The van der Waals surface area contributed by atoms with E-state index in [1.54, 1.807) is 35.2 Å². The van der Waals surface area contributed by atoms with Gasteiger partial charge in [0.25, 0.3) is 5.91 Å². The molecule has 0 aromatic heterocycles. The number of carbonyl (C=O) groups excluding carboxylic acids is 3. The van der Waals surface area contributed by atoms with E-state index in [2.05, 4.69) is 6.58 Å². The summed E-state index contributed by atoms with van der Waals surface area (Å²) in [5.41, 5.74) is 0.482. The van der Waals surface area contributed by atoms with E-state index in [1.807, 2.05) is 0 Å². The first-order valence-electron chi connectivity index (χ1n) is 9.06. The molecule has 1 heterocycles. The van der Waals surface area contributed by atoms with Crippen LogP contribution in [0.4, 0.5) is 5.69 Å². The van der Waals surface area contributed by atoms with Crippen molar-refractivity contribution in [2.45, 2.75) is 44.6 Å². The van der Waals surface area contributed by atoms with Crippen LogP contribution in [0.25, 0.3) is 0 Å². The second-order valence-corrected chi connectivity index (χ2v) is 7.31. The summed E-state index contributed by atoms with van der Waals surface area (Å²) < 4.78 is 0. The third kappa shape index (κ3) is 3.68. The molecular weight excluding hydrogens is 352 g/mol. The molecule has 0 spiro atoms. The fourth-order valence-corrected chi connectivity index (χ4v) is 3.94. The van der Waals surface area contributed by atoms with Crippen LogP contribution < -0.4 is 4.90 Å². The van der Waals surface area contributed by atoms with Crippen LogP contribution in [0, 0.1) is 5.92 Å². The molecule has 1 aromatic carbocycles. The van der Waals surface area contributed by atoms with Gasteiger partial charge in [0.1, 0.15) is 6.04 Å². The number of imide groups is 1. The minimum absolute atomic E-state index is 0.00770. The first kappa shape index (κ1) is 18.6. The van der Waals surface area contributed by atoms with Crippen LogP contribution in [-0.4, -0.2) is 35.2 Å². The largest absolute Gasteiger partial charge is 0.326 e. The number of anilines is 1. The highest BCUT2D eigenvalue weighted by molar-refractivity contribution is 6.30. The summed E-state index contributed by atoms with van der Waals surface area (Å²) >= 11 is 5.89. The molecule has 1 unspecified atom stereocenters. The molecule has 1 saturated heterocycles. The van der Waals surface area contributed by atoms with Gasteiger partial charge in [-0.2, -0.15) is 0 Å². The van der Waals surface area contributed by atoms with E-state index in [1.165, 1.54) is 0 Å². The number of halogens is 1. The molecule has 2 fully saturated rings. The number of hydrogen-bond acceptors (Lipinski definition) is 3. The highest BCUT2D eigenvalue weighted by Crippen LogP contribution is 2.30. The fraction of sp³-hybridized carbons (Fsp3) is 0.450. The lowest BCUT2D eigenvalue weighted by Crippen LogP contribution is -2.48. The Morgan fingerprint density at radius 2 is 1.85 bits per heavy atom. The minimum Gasteiger partial charge on any atom is -0.326 e. The van der Waals surface area contributed by atoms with Crippen LogP contribution in [0.1, 0.15) is 38.5 Å². The second kappa shape index (κ2) is 8.04. The Morgan fingerprint density at radius 3 is 2.46 bits per heavy atom. The zero-order valence-electron chi connectivity index (χ0n) is 14.7. The highest BCUT2D eigenvalue weighted by atomic mass is 35.5. The molecule has 1 saturated carbocycles. The molecule has 1 aliphatic carbocycles. The summed E-state index contributed by atoms with van der Waals surface area (Å²) in [6, 6.07) is 5.80. The summed E-state index contributed by atoms with van der Waals surface area (Å²) in [7, 11) is 0. The average Bonchev–Trinajstić information content (AvgIpc) is 2.95. The topological polar surface area (TPSA) is 57.7 Å². The van der Waals surface area contributed by atoms with Gasteiger partial charge in [-0.3, -0.25) is 14.4 Å². The van der Waals surface area contributed by atoms with Gasteiger partial charge in [-0.05, 0) is 37.1 Å². The zero-order valence-corrected chi connectivity index (χ0v) is 15.5. The molecule has 5 nitrogen and oxygen atoms in total. The predicted octanol–water partition coefficient (Wildman–Crippen LogP) is 3.57. The molecule has 2 aliphatic rings. The number of carbonyl (C=O) groups is 3. The van der Waals surface area contributed by atoms with Crippen LogP contribution in [0.15, 0.2) is 36.9 Å². The Morgan fingerprint density at radius 1 is 1.19 bits per heavy atom. The monoisotopic (exact) mass is 374 g/mol. The summed E-state index contributed by atoms with van der Waals surface area (Å²) in [5.74, 6) is -0.749. The standard InChI is InChI=1S/C20H23ClN2O3/c1-2-12-22(19(25)14-6-4-3-5-7-14)17-13-18(24)23(20(17)26)16-10-8-15(21)9-11-16/h2,8-11,14,17H,1,3-7,12-13H2. The number of rotatable bonds is 5. The molecule has 1 atom stereocenters. The predicted molar refractivity (Wildman–Crippen MR) is 101 cm³/mol. The number of amides is 3. The molecule has 3 rings (SSSR count). The van der Waals surface area contributed by atoms with Crippen molar-refractivity contribution in [3.8, 4) is 0 Å². The van der Waals surface area contributed by atoms with Gasteiger partial charge in [0.05, 0.1) is 12.1 Å². The van der Waals surface area contributed by atoms with Crippen molar-refractivity contribution in [1.82, 2.24) is 4.90 Å². The average molecular weight is 375 g/mol. The molecule has 3 amide bonds. The number of benzene rings is 1. The van der Waals surface area contributed by atoms with Gasteiger partial charge in [0.2, 0.25) is 11.8 Å². The van der Waals surface area contributed by atoms with Crippen molar-refractivity contribution < 1.29 is 14.4 Å². The van der Waals surface area contributed by atoms with Crippen molar-refractivity contribution >= 4 is 35.0 Å². The quantitative estimate of drug-likeness (QED) is 0.584. The van der Waals surface area contributed by atoms with E-state index in [0.717, 1.165) is 37.0 Å². The minimum atomic E-state index is -0.759. The molecule has 1 aromatic rings. The molecule has 1 aliphatic heterocycles. The van der Waals surface area contributed by atoms with Gasteiger partial charge in [-0.25, -0.2) is 4.90 Å². The van der Waals surface area contributed by atoms with Crippen molar-refractivity contribution in [3.05, 3.63) is 41.9 Å². The van der Waals surface area contributed by atoms with Gasteiger partial charge in [0, 0.05) is 17.5 Å². The van der Waals surface area contributed by atoms with E-state index < -0.39 is 6.04 Å². The van der Waals surface area contributed by atoms with Gasteiger partial charge >= 0.3 is 0 Å². The lowest BCUT2D eigenvalue weighted by atomic mass is 9.88. The SMILES string of the molecule is C=CCN(C(=O)C1CCCCC1)C1CC(=O)N(c2ccc(Cl)cc2)C1=O. The normalized spacial score (nSPS) is 21.1. The Balaban J connectivity index is 1.82. The van der Waals surface area contributed by atoms with E-state index in [0.29, 0.717) is 10.7 Å². The Bertz CT molecular complexity index is 710. The van der Waals surface area contributed by atoms with E-state index in [9.17, 15) is 14.4 Å². The maximum absolute atomic E-state index is 13.0. The van der Waals surface area contributed by atoms with Crippen molar-refractivity contribution in [1.29, 1.82) is 0 Å². The summed E-state index contributed by atoms with van der Waals surface area (Å²) in [6.45, 7) is 3.98. The van der Waals surface area contributed by atoms with Crippen molar-refractivity contribution in [3.63, 3.8) is 0 Å². The molecule has 138 valence electrons. The van der Waals surface area contributed by atoms with Crippen LogP contribution >= 0.6 is 11.6 Å². The zero-order chi connectivity index (χ0) is 18.7. The molecule has 26 heavy (non-hydrogen) atoms. The third-order valence-corrected chi connectivity index (χ3v) is 5.40. The molecule has 6 heteroatoms. The Kier molecular flexibility index (Phi) is 5.77. The van der Waals surface area contributed by atoms with E-state index in [-0.39, 0.29) is 36.6 Å². The third-order valence-electron chi connectivity index (χ3n) is 5.15. The first-order chi connectivity index (χ1) is 12.5. The van der Waals surface area contributed by atoms with Crippen LogP contribution in [0.5, 0.6) is 0 Å². The highest BCUT2D eigenvalue weighted by Gasteiger charge is 2.45. The maximum Gasteiger partial charge on any atom is 0.257 e. The van der Waals surface area contributed by atoms with Crippen LogP contribution in [-0.2, 0) is 14.4 Å². The summed E-state index contributed by atoms with van der Waals surface area (Å²) in [4.78, 5) is 41.1.